The SMILES string of the molecule is CCC(CC)O[C@@H]1CC(C)=C[C@H](OS(C)(=O)=O)[C@@H]1O. The number of hydrogen-bond donors (Lipinski definition) is 1. The molecule has 112 valence electrons. The third-order valence-corrected chi connectivity index (χ3v) is 3.83. The smallest absolute Gasteiger partial charge is 0.265 e. The van der Waals surface area contributed by atoms with Gasteiger partial charge < -0.3 is 9.84 Å². The van der Waals surface area contributed by atoms with E-state index in [1.54, 1.807) is 6.08 Å². The van der Waals surface area contributed by atoms with Gasteiger partial charge in [-0.3, -0.25) is 4.18 Å². The van der Waals surface area contributed by atoms with Gasteiger partial charge in [-0.05, 0) is 26.2 Å². The molecule has 0 aromatic rings. The molecular weight excluding hydrogens is 268 g/mol. The van der Waals surface area contributed by atoms with Gasteiger partial charge >= 0.3 is 0 Å². The topological polar surface area (TPSA) is 72.8 Å². The van der Waals surface area contributed by atoms with Crippen molar-refractivity contribution in [2.45, 2.75) is 64.4 Å². The summed E-state index contributed by atoms with van der Waals surface area (Å²) < 4.78 is 33.1. The highest BCUT2D eigenvalue weighted by atomic mass is 32.2. The van der Waals surface area contributed by atoms with Crippen molar-refractivity contribution in [3.63, 3.8) is 0 Å². The first-order valence-electron chi connectivity index (χ1n) is 6.65. The fourth-order valence-corrected chi connectivity index (χ4v) is 2.81. The lowest BCUT2D eigenvalue weighted by atomic mass is 9.93. The molecule has 0 unspecified atom stereocenters. The van der Waals surface area contributed by atoms with Gasteiger partial charge in [0.25, 0.3) is 10.1 Å². The van der Waals surface area contributed by atoms with Crippen molar-refractivity contribution in [3.05, 3.63) is 11.6 Å². The van der Waals surface area contributed by atoms with Crippen molar-refractivity contribution in [1.82, 2.24) is 0 Å². The van der Waals surface area contributed by atoms with E-state index in [0.717, 1.165) is 24.7 Å². The Kier molecular flexibility index (Phi) is 5.98. The van der Waals surface area contributed by atoms with Crippen LogP contribution in [0.2, 0.25) is 0 Å². The third-order valence-electron chi connectivity index (χ3n) is 3.25. The van der Waals surface area contributed by atoms with Gasteiger partial charge in [-0.1, -0.05) is 25.5 Å². The van der Waals surface area contributed by atoms with E-state index < -0.39 is 28.4 Å². The molecule has 0 aromatic carbocycles. The van der Waals surface area contributed by atoms with E-state index in [1.807, 2.05) is 20.8 Å². The van der Waals surface area contributed by atoms with E-state index in [2.05, 4.69) is 0 Å². The molecule has 0 bridgehead atoms. The normalized spacial score (nSPS) is 28.5. The highest BCUT2D eigenvalue weighted by Gasteiger charge is 2.35. The first kappa shape index (κ1) is 16.6. The Labute approximate surface area is 115 Å². The molecule has 1 aliphatic carbocycles. The van der Waals surface area contributed by atoms with Crippen LogP contribution in [0, 0.1) is 0 Å². The van der Waals surface area contributed by atoms with Crippen LogP contribution >= 0.6 is 0 Å². The minimum absolute atomic E-state index is 0.0735. The first-order valence-corrected chi connectivity index (χ1v) is 8.47. The Hall–Kier alpha value is -0.430. The molecule has 0 fully saturated rings. The molecule has 0 heterocycles. The maximum absolute atomic E-state index is 11.2. The van der Waals surface area contributed by atoms with Crippen LogP contribution in [0.15, 0.2) is 11.6 Å². The van der Waals surface area contributed by atoms with Gasteiger partial charge in [-0.2, -0.15) is 8.42 Å². The first-order chi connectivity index (χ1) is 8.76. The van der Waals surface area contributed by atoms with E-state index >= 15 is 0 Å². The maximum Gasteiger partial charge on any atom is 0.265 e. The number of ether oxygens (including phenoxy) is 1. The fourth-order valence-electron chi connectivity index (χ4n) is 2.24. The highest BCUT2D eigenvalue weighted by Crippen LogP contribution is 2.26. The maximum atomic E-state index is 11.2. The second-order valence-electron chi connectivity index (χ2n) is 5.09. The molecule has 3 atom stereocenters. The second kappa shape index (κ2) is 6.83. The van der Waals surface area contributed by atoms with Crippen LogP contribution in [0.4, 0.5) is 0 Å². The van der Waals surface area contributed by atoms with E-state index in [1.165, 1.54) is 0 Å². The Balaban J connectivity index is 2.79. The summed E-state index contributed by atoms with van der Waals surface area (Å²) >= 11 is 0. The largest absolute Gasteiger partial charge is 0.387 e. The van der Waals surface area contributed by atoms with Gasteiger partial charge in [0.15, 0.2) is 0 Å². The van der Waals surface area contributed by atoms with Crippen molar-refractivity contribution in [2.24, 2.45) is 0 Å². The average Bonchev–Trinajstić information content (AvgIpc) is 2.29. The van der Waals surface area contributed by atoms with Crippen molar-refractivity contribution in [3.8, 4) is 0 Å². The lowest BCUT2D eigenvalue weighted by Gasteiger charge is -2.34. The minimum atomic E-state index is -3.60. The van der Waals surface area contributed by atoms with Crippen LogP contribution < -0.4 is 0 Å². The number of hydrogen-bond acceptors (Lipinski definition) is 5. The summed E-state index contributed by atoms with van der Waals surface area (Å²) in [6, 6.07) is 0. The monoisotopic (exact) mass is 292 g/mol. The zero-order chi connectivity index (χ0) is 14.6. The molecule has 0 aromatic heterocycles. The molecule has 19 heavy (non-hydrogen) atoms. The predicted octanol–water partition coefficient (Wildman–Crippen LogP) is 1.62. The summed E-state index contributed by atoms with van der Waals surface area (Å²) in [7, 11) is -3.60. The molecule has 1 rings (SSSR count). The summed E-state index contributed by atoms with van der Waals surface area (Å²) in [5, 5.41) is 10.2. The molecule has 1 aliphatic rings. The Morgan fingerprint density at radius 2 is 2.00 bits per heavy atom. The van der Waals surface area contributed by atoms with E-state index in [0.29, 0.717) is 6.42 Å². The molecule has 0 radical (unpaired) electrons. The van der Waals surface area contributed by atoms with E-state index in [9.17, 15) is 13.5 Å². The molecule has 0 saturated carbocycles. The van der Waals surface area contributed by atoms with E-state index in [-0.39, 0.29) is 6.10 Å². The number of rotatable bonds is 6. The Morgan fingerprint density at radius 1 is 1.42 bits per heavy atom. The molecule has 0 amide bonds. The van der Waals surface area contributed by atoms with Gasteiger partial charge in [-0.15, -0.1) is 0 Å². The lowest BCUT2D eigenvalue weighted by Crippen LogP contribution is -2.44. The summed E-state index contributed by atoms with van der Waals surface area (Å²) in [5.41, 5.74) is 0.968. The van der Waals surface area contributed by atoms with Crippen LogP contribution in [0.3, 0.4) is 0 Å². The van der Waals surface area contributed by atoms with Gasteiger partial charge in [0.2, 0.25) is 0 Å². The van der Waals surface area contributed by atoms with Gasteiger partial charge in [0.1, 0.15) is 12.2 Å². The van der Waals surface area contributed by atoms with Gasteiger partial charge in [0.05, 0.1) is 18.5 Å². The van der Waals surface area contributed by atoms with Crippen molar-refractivity contribution >= 4 is 10.1 Å². The van der Waals surface area contributed by atoms with Crippen LogP contribution in [0.25, 0.3) is 0 Å². The third kappa shape index (κ3) is 5.22. The van der Waals surface area contributed by atoms with Crippen molar-refractivity contribution in [2.75, 3.05) is 6.26 Å². The highest BCUT2D eigenvalue weighted by molar-refractivity contribution is 7.86. The van der Waals surface area contributed by atoms with Crippen LogP contribution in [-0.2, 0) is 19.0 Å². The fraction of sp³-hybridized carbons (Fsp3) is 0.846. The van der Waals surface area contributed by atoms with E-state index in [4.69, 9.17) is 8.92 Å². The summed E-state index contributed by atoms with van der Waals surface area (Å²) in [6.07, 6.45) is 2.79. The predicted molar refractivity (Wildman–Crippen MR) is 73.3 cm³/mol. The zero-order valence-corrected chi connectivity index (χ0v) is 12.8. The lowest BCUT2D eigenvalue weighted by molar-refractivity contribution is -0.105. The molecule has 0 spiro atoms. The van der Waals surface area contributed by atoms with Gasteiger partial charge in [-0.25, -0.2) is 0 Å². The second-order valence-corrected chi connectivity index (χ2v) is 6.69. The molecular formula is C13H24O5S. The minimum Gasteiger partial charge on any atom is -0.387 e. The Bertz CT molecular complexity index is 411. The molecule has 5 nitrogen and oxygen atoms in total. The van der Waals surface area contributed by atoms with Crippen LogP contribution in [0.5, 0.6) is 0 Å². The van der Waals surface area contributed by atoms with Gasteiger partial charge in [0, 0.05) is 0 Å². The van der Waals surface area contributed by atoms with Crippen molar-refractivity contribution in [1.29, 1.82) is 0 Å². The number of aliphatic hydroxyl groups excluding tert-OH is 1. The quantitative estimate of drug-likeness (QED) is 0.595. The summed E-state index contributed by atoms with van der Waals surface area (Å²) in [6.45, 7) is 5.93. The zero-order valence-electron chi connectivity index (χ0n) is 12.0. The van der Waals surface area contributed by atoms with Crippen molar-refractivity contribution < 1.29 is 22.4 Å². The Morgan fingerprint density at radius 3 is 2.47 bits per heavy atom. The molecule has 0 saturated heterocycles. The summed E-state index contributed by atoms with van der Waals surface area (Å²) in [5.74, 6) is 0. The molecule has 0 aliphatic heterocycles. The number of aliphatic hydroxyl groups is 1. The molecule has 1 N–H and O–H groups in total. The molecule has 6 heteroatoms. The average molecular weight is 292 g/mol. The van der Waals surface area contributed by atoms with Crippen LogP contribution in [0.1, 0.15) is 40.0 Å². The van der Waals surface area contributed by atoms with Crippen LogP contribution in [-0.4, -0.2) is 44.2 Å². The summed E-state index contributed by atoms with van der Waals surface area (Å²) in [4.78, 5) is 0. The standard InChI is InChI=1S/C13H24O5S/c1-5-10(6-2)17-11-7-9(3)8-12(13(11)14)18-19(4,15)16/h8,10-14H,5-7H2,1-4H3/t11-,12+,13-/m1/s1.